The molecular formula is C40H28F4N4O8. The van der Waals surface area contributed by atoms with Crippen LogP contribution >= 0.6 is 0 Å². The number of aryl methyl sites for hydroxylation is 2. The average Bonchev–Trinajstić information content (AvgIpc) is 3.17. The molecule has 2 unspecified atom stereocenters. The standard InChI is InChI=1S/2C20H14F2N2O4/c2*21-14-7-13(8-15(22)10-14)19-4-1-12-9-17(3-5-18(12)28-19)27-20-6-2-16(11-23-20)24(25)26/h2*2-3,5-11,19H,1,4H2. The Kier molecular flexibility index (Phi) is 10.7. The number of nitro groups is 2. The Morgan fingerprint density at radius 2 is 0.946 bits per heavy atom. The Morgan fingerprint density at radius 1 is 0.554 bits per heavy atom. The van der Waals surface area contributed by atoms with E-state index in [9.17, 15) is 37.8 Å². The predicted molar refractivity (Wildman–Crippen MR) is 191 cm³/mol. The molecule has 0 spiro atoms. The van der Waals surface area contributed by atoms with E-state index in [2.05, 4.69) is 9.97 Å². The molecule has 0 radical (unpaired) electrons. The van der Waals surface area contributed by atoms with Crippen LogP contribution in [0, 0.1) is 43.5 Å². The van der Waals surface area contributed by atoms with Gasteiger partial charge in [-0.05, 0) is 109 Å². The van der Waals surface area contributed by atoms with Gasteiger partial charge in [-0.2, -0.15) is 0 Å². The van der Waals surface area contributed by atoms with E-state index in [1.54, 1.807) is 36.4 Å². The van der Waals surface area contributed by atoms with Crippen LogP contribution < -0.4 is 18.9 Å². The summed E-state index contributed by atoms with van der Waals surface area (Å²) in [5, 5.41) is 21.3. The number of nitrogens with zero attached hydrogens (tertiary/aromatic N) is 4. The molecule has 6 aromatic rings. The maximum atomic E-state index is 13.5. The largest absolute Gasteiger partial charge is 0.485 e. The van der Waals surface area contributed by atoms with Crippen LogP contribution in [0.2, 0.25) is 0 Å². The number of aromatic nitrogens is 2. The van der Waals surface area contributed by atoms with Crippen molar-refractivity contribution in [1.29, 1.82) is 0 Å². The smallest absolute Gasteiger partial charge is 0.287 e. The molecule has 284 valence electrons. The van der Waals surface area contributed by atoms with E-state index in [0.29, 0.717) is 59.8 Å². The minimum Gasteiger partial charge on any atom is -0.485 e. The summed E-state index contributed by atoms with van der Waals surface area (Å²) < 4.78 is 76.9. The fourth-order valence-corrected chi connectivity index (χ4v) is 6.17. The number of hydrogen-bond donors (Lipinski definition) is 0. The summed E-state index contributed by atoms with van der Waals surface area (Å²) in [6.07, 6.45) is 3.80. The Hall–Kier alpha value is -7.10. The van der Waals surface area contributed by atoms with Gasteiger partial charge in [0.05, 0.1) is 9.85 Å². The molecule has 2 aromatic heterocycles. The highest BCUT2D eigenvalue weighted by molar-refractivity contribution is 5.45. The average molecular weight is 769 g/mol. The second-order valence-corrected chi connectivity index (χ2v) is 12.7. The first-order chi connectivity index (χ1) is 26.9. The Labute approximate surface area is 315 Å². The van der Waals surface area contributed by atoms with Crippen LogP contribution in [-0.4, -0.2) is 19.8 Å². The lowest BCUT2D eigenvalue weighted by Crippen LogP contribution is -2.15. The fraction of sp³-hybridized carbons (Fsp3) is 0.150. The zero-order valence-corrected chi connectivity index (χ0v) is 28.9. The van der Waals surface area contributed by atoms with E-state index in [1.165, 1.54) is 48.5 Å². The molecule has 2 aliphatic heterocycles. The summed E-state index contributed by atoms with van der Waals surface area (Å²) in [4.78, 5) is 28.1. The molecule has 2 atom stereocenters. The second kappa shape index (κ2) is 16.1. The number of benzene rings is 4. The van der Waals surface area contributed by atoms with Crippen LogP contribution in [0.25, 0.3) is 0 Å². The highest BCUT2D eigenvalue weighted by atomic mass is 19.1. The predicted octanol–water partition coefficient (Wildman–Crippen LogP) is 10.3. The first kappa shape index (κ1) is 37.2. The van der Waals surface area contributed by atoms with Crippen molar-refractivity contribution < 1.29 is 46.4 Å². The number of hydrogen-bond acceptors (Lipinski definition) is 10. The van der Waals surface area contributed by atoms with Gasteiger partial charge in [0.1, 0.15) is 70.9 Å². The molecule has 0 aliphatic carbocycles. The minimum atomic E-state index is -0.635. The summed E-state index contributed by atoms with van der Waals surface area (Å²) in [5.41, 5.74) is 2.47. The molecule has 0 bridgehead atoms. The van der Waals surface area contributed by atoms with Crippen LogP contribution in [0.1, 0.15) is 47.3 Å². The topological polar surface area (TPSA) is 149 Å². The van der Waals surface area contributed by atoms with E-state index in [4.69, 9.17) is 18.9 Å². The highest BCUT2D eigenvalue weighted by Gasteiger charge is 2.25. The molecule has 56 heavy (non-hydrogen) atoms. The first-order valence-electron chi connectivity index (χ1n) is 17.0. The van der Waals surface area contributed by atoms with Crippen molar-refractivity contribution in [2.75, 3.05) is 0 Å². The van der Waals surface area contributed by atoms with Crippen molar-refractivity contribution >= 4 is 11.4 Å². The lowest BCUT2D eigenvalue weighted by molar-refractivity contribution is -0.385. The molecule has 0 N–H and O–H groups in total. The zero-order valence-electron chi connectivity index (χ0n) is 28.9. The van der Waals surface area contributed by atoms with Gasteiger partial charge >= 0.3 is 0 Å². The van der Waals surface area contributed by atoms with Crippen LogP contribution in [0.4, 0.5) is 28.9 Å². The molecule has 0 saturated carbocycles. The van der Waals surface area contributed by atoms with E-state index >= 15 is 0 Å². The van der Waals surface area contributed by atoms with E-state index in [1.807, 2.05) is 0 Å². The third-order valence-corrected chi connectivity index (χ3v) is 8.78. The van der Waals surface area contributed by atoms with Crippen molar-refractivity contribution in [1.82, 2.24) is 9.97 Å². The molecule has 4 aromatic carbocycles. The Bertz CT molecular complexity index is 2210. The minimum absolute atomic E-state index is 0.119. The lowest BCUT2D eigenvalue weighted by Gasteiger charge is -2.26. The van der Waals surface area contributed by atoms with Gasteiger partial charge in [-0.1, -0.05) is 0 Å². The SMILES string of the molecule is O=[N+]([O-])c1ccc(Oc2ccc3c(c2)CCC(c2cc(F)cc(F)c2)O3)nc1.O=[N+]([O-])c1ccc(Oc2ccc3c(c2)CCC(c2cc(F)cc(F)c2)O3)nc1. The molecule has 2 aliphatic rings. The maximum absolute atomic E-state index is 13.5. The summed E-state index contributed by atoms with van der Waals surface area (Å²) in [6, 6.07) is 22.6. The summed E-state index contributed by atoms with van der Waals surface area (Å²) >= 11 is 0. The van der Waals surface area contributed by atoms with Gasteiger partial charge < -0.3 is 18.9 Å². The molecular weight excluding hydrogens is 740 g/mol. The summed E-state index contributed by atoms with van der Waals surface area (Å²) in [7, 11) is 0. The van der Waals surface area contributed by atoms with Gasteiger partial charge in [-0.3, -0.25) is 20.2 Å². The first-order valence-corrected chi connectivity index (χ1v) is 17.0. The fourth-order valence-electron chi connectivity index (χ4n) is 6.17. The van der Waals surface area contributed by atoms with Gasteiger partial charge in [0.25, 0.3) is 11.4 Å². The second-order valence-electron chi connectivity index (χ2n) is 12.7. The monoisotopic (exact) mass is 768 g/mol. The van der Waals surface area contributed by atoms with E-state index in [0.717, 1.165) is 35.7 Å². The maximum Gasteiger partial charge on any atom is 0.287 e. The number of ether oxygens (including phenoxy) is 4. The lowest BCUT2D eigenvalue weighted by atomic mass is 9.97. The third kappa shape index (κ3) is 8.98. The van der Waals surface area contributed by atoms with Crippen LogP contribution in [0.3, 0.4) is 0 Å². The van der Waals surface area contributed by atoms with Crippen molar-refractivity contribution in [3.05, 3.63) is 175 Å². The van der Waals surface area contributed by atoms with E-state index in [-0.39, 0.29) is 23.1 Å². The van der Waals surface area contributed by atoms with Crippen LogP contribution in [0.15, 0.2) is 109 Å². The quantitative estimate of drug-likeness (QED) is 0.0832. The van der Waals surface area contributed by atoms with Crippen molar-refractivity contribution in [3.8, 4) is 34.8 Å². The van der Waals surface area contributed by atoms with Gasteiger partial charge in [0.15, 0.2) is 0 Å². The van der Waals surface area contributed by atoms with Gasteiger partial charge in [-0.15, -0.1) is 0 Å². The van der Waals surface area contributed by atoms with Crippen molar-refractivity contribution in [3.63, 3.8) is 0 Å². The molecule has 0 amide bonds. The number of fused-ring (bicyclic) bond motifs is 2. The molecule has 12 nitrogen and oxygen atoms in total. The number of rotatable bonds is 8. The normalized spacial score (nSPS) is 15.4. The van der Waals surface area contributed by atoms with Gasteiger partial charge in [0.2, 0.25) is 11.8 Å². The van der Waals surface area contributed by atoms with Gasteiger partial charge in [-0.25, -0.2) is 27.5 Å². The Morgan fingerprint density at radius 3 is 1.29 bits per heavy atom. The van der Waals surface area contributed by atoms with E-state index < -0.39 is 45.3 Å². The van der Waals surface area contributed by atoms with Crippen molar-refractivity contribution in [2.24, 2.45) is 0 Å². The van der Waals surface area contributed by atoms with Gasteiger partial charge in [0, 0.05) is 36.4 Å². The third-order valence-electron chi connectivity index (χ3n) is 8.78. The zero-order chi connectivity index (χ0) is 39.3. The Balaban J connectivity index is 0.000000172. The van der Waals surface area contributed by atoms with Crippen LogP contribution in [0.5, 0.6) is 34.8 Å². The van der Waals surface area contributed by atoms with Crippen molar-refractivity contribution in [2.45, 2.75) is 37.9 Å². The molecule has 4 heterocycles. The molecule has 0 saturated heterocycles. The molecule has 0 fully saturated rings. The molecule has 16 heteroatoms. The number of pyridine rings is 2. The van der Waals surface area contributed by atoms with Crippen LogP contribution in [-0.2, 0) is 12.8 Å². The molecule has 8 rings (SSSR count). The number of halogens is 4. The summed E-state index contributed by atoms with van der Waals surface area (Å²) in [5.74, 6) is 0.179. The summed E-state index contributed by atoms with van der Waals surface area (Å²) in [6.45, 7) is 0. The highest BCUT2D eigenvalue weighted by Crippen LogP contribution is 2.39.